The van der Waals surface area contributed by atoms with Crippen LogP contribution < -0.4 is 0 Å². The molecule has 0 amide bonds. The van der Waals surface area contributed by atoms with Crippen LogP contribution in [0.4, 0.5) is 0 Å². The van der Waals surface area contributed by atoms with Gasteiger partial charge in [-0.2, -0.15) is 0 Å². The van der Waals surface area contributed by atoms with E-state index in [2.05, 4.69) is 38.2 Å². The first kappa shape index (κ1) is 43.4. The highest BCUT2D eigenvalue weighted by atomic mass is 16.6. The Balaban J connectivity index is 3.54. The molecule has 0 aromatic heterocycles. The van der Waals surface area contributed by atoms with Crippen LogP contribution in [0, 0.1) is 0 Å². The van der Waals surface area contributed by atoms with Crippen LogP contribution in [0.1, 0.15) is 200 Å². The zero-order valence-electron chi connectivity index (χ0n) is 29.9. The summed E-state index contributed by atoms with van der Waals surface area (Å²) in [5, 5.41) is 9.53. The normalized spacial score (nSPS) is 12.3. The van der Waals surface area contributed by atoms with E-state index >= 15 is 0 Å². The van der Waals surface area contributed by atoms with E-state index in [-0.39, 0.29) is 25.2 Å². The highest BCUT2D eigenvalue weighted by molar-refractivity contribution is 5.70. The number of carbonyl (C=O) groups is 2. The van der Waals surface area contributed by atoms with Crippen molar-refractivity contribution in [1.82, 2.24) is 0 Å². The monoisotopic (exact) mass is 635 g/mol. The Kier molecular flexibility index (Phi) is 35.5. The van der Waals surface area contributed by atoms with Crippen molar-refractivity contribution < 1.29 is 24.2 Å². The maximum Gasteiger partial charge on any atom is 0.306 e. The van der Waals surface area contributed by atoms with Gasteiger partial charge in [0.1, 0.15) is 6.61 Å². The molecule has 1 unspecified atom stereocenters. The second-order valence-electron chi connectivity index (χ2n) is 13.0. The zero-order valence-corrected chi connectivity index (χ0v) is 29.9. The third-order valence-electron chi connectivity index (χ3n) is 8.47. The van der Waals surface area contributed by atoms with Gasteiger partial charge in [0, 0.05) is 12.8 Å². The van der Waals surface area contributed by atoms with Gasteiger partial charge in [-0.25, -0.2) is 0 Å². The van der Waals surface area contributed by atoms with Gasteiger partial charge in [0.2, 0.25) is 0 Å². The fourth-order valence-corrected chi connectivity index (χ4v) is 5.48. The molecular formula is C40H74O5. The number of carbonyl (C=O) groups excluding carboxylic acids is 2. The van der Waals surface area contributed by atoms with E-state index in [1.54, 1.807) is 0 Å². The molecule has 0 saturated heterocycles. The smallest absolute Gasteiger partial charge is 0.306 e. The molecule has 0 saturated carbocycles. The fourth-order valence-electron chi connectivity index (χ4n) is 5.48. The molecule has 0 aliphatic heterocycles. The minimum atomic E-state index is -0.771. The Labute approximate surface area is 279 Å². The number of ether oxygens (including phenoxy) is 2. The van der Waals surface area contributed by atoms with Gasteiger partial charge in [-0.3, -0.25) is 9.59 Å². The summed E-state index contributed by atoms with van der Waals surface area (Å²) in [7, 11) is 0. The van der Waals surface area contributed by atoms with E-state index in [0.29, 0.717) is 12.8 Å². The molecule has 264 valence electrons. The summed E-state index contributed by atoms with van der Waals surface area (Å²) in [5.74, 6) is -0.600. The molecule has 45 heavy (non-hydrogen) atoms. The molecule has 5 nitrogen and oxygen atoms in total. The lowest BCUT2D eigenvalue weighted by molar-refractivity contribution is -0.161. The second kappa shape index (κ2) is 36.8. The Hall–Kier alpha value is -1.62. The van der Waals surface area contributed by atoms with Crippen molar-refractivity contribution in [1.29, 1.82) is 0 Å². The fraction of sp³-hybridized carbons (Fsp3) is 0.850. The third-order valence-corrected chi connectivity index (χ3v) is 8.47. The molecule has 0 spiro atoms. The number of esters is 2. The van der Waals surface area contributed by atoms with Gasteiger partial charge < -0.3 is 14.6 Å². The van der Waals surface area contributed by atoms with E-state index in [9.17, 15) is 14.7 Å². The van der Waals surface area contributed by atoms with Crippen LogP contribution in [0.15, 0.2) is 24.3 Å². The number of aliphatic hydroxyl groups is 1. The number of rotatable bonds is 35. The minimum Gasteiger partial charge on any atom is -0.462 e. The lowest BCUT2D eigenvalue weighted by atomic mass is 10.1. The Morgan fingerprint density at radius 2 is 0.822 bits per heavy atom. The predicted molar refractivity (Wildman–Crippen MR) is 191 cm³/mol. The zero-order chi connectivity index (χ0) is 32.9. The third kappa shape index (κ3) is 35.1. The molecular weight excluding hydrogens is 560 g/mol. The van der Waals surface area contributed by atoms with Crippen molar-refractivity contribution in [2.24, 2.45) is 0 Å². The summed E-state index contributed by atoms with van der Waals surface area (Å²) >= 11 is 0. The van der Waals surface area contributed by atoms with E-state index < -0.39 is 6.10 Å². The predicted octanol–water partition coefficient (Wildman–Crippen LogP) is 11.9. The molecule has 5 heteroatoms. The van der Waals surface area contributed by atoms with Crippen LogP contribution in [0.2, 0.25) is 0 Å². The minimum absolute atomic E-state index is 0.0683. The second-order valence-corrected chi connectivity index (χ2v) is 13.0. The van der Waals surface area contributed by atoms with E-state index in [4.69, 9.17) is 9.47 Å². The molecule has 0 radical (unpaired) electrons. The molecule has 0 bridgehead atoms. The standard InChI is InChI=1S/C40H74O5/c1-3-5-7-9-11-13-15-17-18-19-20-21-22-23-25-27-29-31-33-35-40(43)45-38(36-41)37-44-39(42)34-32-30-28-26-24-16-14-12-10-8-6-4-2/h12,14,17-18,38,41H,3-11,13,15-16,19-37H2,1-2H3/b14-12-,18-17-. The molecule has 0 fully saturated rings. The molecule has 0 aromatic rings. The molecule has 1 N–H and O–H groups in total. The molecule has 0 aliphatic rings. The SMILES string of the molecule is CCCCC/C=C\CCCCCCCC(=O)OCC(CO)OC(=O)CCCCCCCCCCC/C=C\CCCCCCCC. The van der Waals surface area contributed by atoms with Crippen LogP contribution in [0.25, 0.3) is 0 Å². The van der Waals surface area contributed by atoms with Crippen molar-refractivity contribution in [3.8, 4) is 0 Å². The highest BCUT2D eigenvalue weighted by Gasteiger charge is 2.16. The van der Waals surface area contributed by atoms with E-state index in [1.807, 2.05) is 0 Å². The average molecular weight is 635 g/mol. The van der Waals surface area contributed by atoms with Gasteiger partial charge >= 0.3 is 11.9 Å². The summed E-state index contributed by atoms with van der Waals surface area (Å²) in [6, 6.07) is 0. The van der Waals surface area contributed by atoms with Crippen molar-refractivity contribution in [2.45, 2.75) is 206 Å². The average Bonchev–Trinajstić information content (AvgIpc) is 3.04. The van der Waals surface area contributed by atoms with Gasteiger partial charge in [0.25, 0.3) is 0 Å². The number of aliphatic hydroxyl groups excluding tert-OH is 1. The summed E-state index contributed by atoms with van der Waals surface area (Å²) in [6.45, 7) is 4.10. The number of hydrogen-bond donors (Lipinski definition) is 1. The van der Waals surface area contributed by atoms with Gasteiger partial charge in [-0.15, -0.1) is 0 Å². The van der Waals surface area contributed by atoms with Gasteiger partial charge in [-0.05, 0) is 64.2 Å². The lowest BCUT2D eigenvalue weighted by Gasteiger charge is -2.15. The summed E-state index contributed by atoms with van der Waals surface area (Å²) in [6.07, 6.45) is 42.4. The van der Waals surface area contributed by atoms with Gasteiger partial charge in [-0.1, -0.05) is 147 Å². The van der Waals surface area contributed by atoms with Crippen molar-refractivity contribution >= 4 is 11.9 Å². The number of hydrogen-bond acceptors (Lipinski definition) is 5. The maximum absolute atomic E-state index is 12.2. The molecule has 0 aromatic carbocycles. The first-order valence-electron chi connectivity index (χ1n) is 19.4. The van der Waals surface area contributed by atoms with Gasteiger partial charge in [0.05, 0.1) is 6.61 Å². The van der Waals surface area contributed by atoms with Crippen LogP contribution in [0.5, 0.6) is 0 Å². The number of allylic oxidation sites excluding steroid dienone is 4. The lowest BCUT2D eigenvalue weighted by Crippen LogP contribution is -2.28. The maximum atomic E-state index is 12.2. The first-order valence-corrected chi connectivity index (χ1v) is 19.4. The number of unbranched alkanes of at least 4 members (excludes halogenated alkanes) is 23. The quantitative estimate of drug-likeness (QED) is 0.0426. The summed E-state index contributed by atoms with van der Waals surface area (Å²) in [5.41, 5.74) is 0. The highest BCUT2D eigenvalue weighted by Crippen LogP contribution is 2.13. The molecule has 1 atom stereocenters. The van der Waals surface area contributed by atoms with Gasteiger partial charge in [0.15, 0.2) is 6.10 Å². The summed E-state index contributed by atoms with van der Waals surface area (Å²) < 4.78 is 10.6. The molecule has 0 heterocycles. The van der Waals surface area contributed by atoms with Crippen molar-refractivity contribution in [3.63, 3.8) is 0 Å². The van der Waals surface area contributed by atoms with Crippen LogP contribution in [-0.2, 0) is 19.1 Å². The molecule has 0 aliphatic carbocycles. The van der Waals surface area contributed by atoms with E-state index in [0.717, 1.165) is 44.9 Å². The Bertz CT molecular complexity index is 686. The molecule has 0 rings (SSSR count). The van der Waals surface area contributed by atoms with Crippen molar-refractivity contribution in [2.75, 3.05) is 13.2 Å². The first-order chi connectivity index (χ1) is 22.1. The summed E-state index contributed by atoms with van der Waals surface area (Å²) in [4.78, 5) is 24.2. The topological polar surface area (TPSA) is 72.8 Å². The van der Waals surface area contributed by atoms with Crippen LogP contribution >= 0.6 is 0 Å². The van der Waals surface area contributed by atoms with Crippen LogP contribution in [-0.4, -0.2) is 36.4 Å². The largest absolute Gasteiger partial charge is 0.462 e. The van der Waals surface area contributed by atoms with E-state index in [1.165, 1.54) is 128 Å². The van der Waals surface area contributed by atoms with Crippen LogP contribution in [0.3, 0.4) is 0 Å². The Morgan fingerprint density at radius 1 is 0.489 bits per heavy atom. The van der Waals surface area contributed by atoms with Crippen molar-refractivity contribution in [3.05, 3.63) is 24.3 Å². The Morgan fingerprint density at radius 3 is 1.24 bits per heavy atom.